The van der Waals surface area contributed by atoms with Gasteiger partial charge in [0.15, 0.2) is 0 Å². The first kappa shape index (κ1) is 36.4. The van der Waals surface area contributed by atoms with E-state index in [1.165, 1.54) is 0 Å². The van der Waals surface area contributed by atoms with Gasteiger partial charge in [0.25, 0.3) is 0 Å². The van der Waals surface area contributed by atoms with Gasteiger partial charge in [-0.15, -0.1) is 0 Å². The first-order chi connectivity index (χ1) is 24.6. The second-order valence-electron chi connectivity index (χ2n) is 11.8. The van der Waals surface area contributed by atoms with E-state index in [1.54, 1.807) is 60.7 Å². The van der Waals surface area contributed by atoms with Crippen molar-refractivity contribution < 1.29 is 54.8 Å². The summed E-state index contributed by atoms with van der Waals surface area (Å²) in [6.07, 6.45) is -10.1. The van der Waals surface area contributed by atoms with E-state index in [0.717, 1.165) is 12.1 Å². The van der Waals surface area contributed by atoms with Crippen LogP contribution >= 0.6 is 0 Å². The molecule has 0 amide bonds. The Morgan fingerprint density at radius 3 is 1.20 bits per heavy atom. The molecule has 0 N–H and O–H groups in total. The zero-order chi connectivity index (χ0) is 35.8. The Morgan fingerprint density at radius 2 is 0.804 bits per heavy atom. The summed E-state index contributed by atoms with van der Waals surface area (Å²) < 4.78 is 121. The zero-order valence-corrected chi connectivity index (χ0v) is 27.5. The van der Waals surface area contributed by atoms with Crippen molar-refractivity contribution in [1.82, 2.24) is 0 Å². The molecule has 6 nitrogen and oxygen atoms in total. The Bertz CT molecular complexity index is 1790. The van der Waals surface area contributed by atoms with E-state index < -0.39 is 29.4 Å². The van der Waals surface area contributed by atoms with Crippen molar-refractivity contribution in [2.75, 3.05) is 66.1 Å². The van der Waals surface area contributed by atoms with Crippen LogP contribution in [0.1, 0.15) is 33.7 Å². The molecule has 0 spiro atoms. The van der Waals surface area contributed by atoms with Gasteiger partial charge in [0.1, 0.15) is 24.7 Å². The molecule has 0 unspecified atom stereocenters. The van der Waals surface area contributed by atoms with Crippen molar-refractivity contribution in [3.8, 4) is 11.5 Å². The topological polar surface area (TPSA) is 55.4 Å². The van der Waals surface area contributed by atoms with Crippen LogP contribution < -0.4 is 9.47 Å². The normalized spacial score (nSPS) is 16.7. The molecule has 1 aliphatic rings. The number of fused-ring (bicyclic) bond motifs is 6. The summed E-state index contributed by atoms with van der Waals surface area (Å²) in [5.74, 6) is -0.682. The largest absolute Gasteiger partial charge is 0.491 e. The highest BCUT2D eigenvalue weighted by Crippen LogP contribution is 2.49. The summed E-state index contributed by atoms with van der Waals surface area (Å²) in [6, 6.07) is 23.0. The van der Waals surface area contributed by atoms with Gasteiger partial charge in [0.05, 0.1) is 64.0 Å². The maximum Gasteiger partial charge on any atom is 0.416 e. The van der Waals surface area contributed by atoms with Crippen LogP contribution in [0.2, 0.25) is 0 Å². The monoisotopic (exact) mass is 714 g/mol. The van der Waals surface area contributed by atoms with Crippen LogP contribution in [0, 0.1) is 0 Å². The van der Waals surface area contributed by atoms with Gasteiger partial charge in [-0.1, -0.05) is 60.7 Å². The number of rotatable bonds is 1. The molecule has 5 aromatic rings. The third-order valence-corrected chi connectivity index (χ3v) is 8.47. The summed E-state index contributed by atoms with van der Waals surface area (Å²) in [5, 5.41) is 2.59. The van der Waals surface area contributed by atoms with E-state index in [4.69, 9.17) is 28.4 Å². The smallest absolute Gasteiger partial charge is 0.416 e. The Hall–Kier alpha value is -4.36. The fourth-order valence-electron chi connectivity index (χ4n) is 6.20. The highest BCUT2D eigenvalue weighted by atomic mass is 19.4. The van der Waals surface area contributed by atoms with Crippen LogP contribution in [-0.2, 0) is 31.3 Å². The van der Waals surface area contributed by atoms with E-state index in [1.807, 2.05) is 12.1 Å². The average Bonchev–Trinajstić information content (AvgIpc) is 3.11. The summed E-state index contributed by atoms with van der Waals surface area (Å²) in [4.78, 5) is 0. The lowest BCUT2D eigenvalue weighted by atomic mass is 9.79. The van der Waals surface area contributed by atoms with Crippen molar-refractivity contribution in [1.29, 1.82) is 0 Å². The molecule has 0 fully saturated rings. The van der Waals surface area contributed by atoms with E-state index in [2.05, 4.69) is 0 Å². The molecule has 6 rings (SSSR count). The number of hydrogen-bond acceptors (Lipinski definition) is 6. The molecule has 0 aromatic heterocycles. The van der Waals surface area contributed by atoms with E-state index in [-0.39, 0.29) is 62.8 Å². The molecule has 51 heavy (non-hydrogen) atoms. The van der Waals surface area contributed by atoms with Gasteiger partial charge in [0.2, 0.25) is 0 Å². The molecule has 1 aliphatic heterocycles. The molecule has 0 saturated heterocycles. The van der Waals surface area contributed by atoms with Gasteiger partial charge in [0, 0.05) is 17.0 Å². The van der Waals surface area contributed by atoms with Crippen LogP contribution in [0.5, 0.6) is 11.5 Å². The lowest BCUT2D eigenvalue weighted by molar-refractivity contribution is -0.143. The Morgan fingerprint density at radius 1 is 0.431 bits per heavy atom. The molecule has 12 heteroatoms. The van der Waals surface area contributed by atoms with E-state index in [0.29, 0.717) is 59.1 Å². The predicted molar refractivity (Wildman–Crippen MR) is 180 cm³/mol. The molecule has 0 saturated carbocycles. The zero-order valence-electron chi connectivity index (χ0n) is 27.5. The van der Waals surface area contributed by atoms with Gasteiger partial charge in [-0.25, -0.2) is 0 Å². The summed E-state index contributed by atoms with van der Waals surface area (Å²) in [5.41, 5.74) is -2.33. The summed E-state index contributed by atoms with van der Waals surface area (Å²) in [7, 11) is 0. The quantitative estimate of drug-likeness (QED) is 0.162. The molecule has 0 radical (unpaired) electrons. The van der Waals surface area contributed by atoms with Crippen molar-refractivity contribution in [3.05, 3.63) is 119 Å². The lowest BCUT2D eigenvalue weighted by Crippen LogP contribution is -2.17. The molecule has 0 aliphatic carbocycles. The minimum Gasteiger partial charge on any atom is -0.491 e. The molecular weight excluding hydrogens is 678 g/mol. The fraction of sp³-hybridized carbons (Fsp3) is 0.333. The molecule has 0 bridgehead atoms. The molecule has 270 valence electrons. The highest BCUT2D eigenvalue weighted by Gasteiger charge is 2.39. The maximum absolute atomic E-state index is 14.4. The number of alkyl halides is 6. The number of ether oxygens (including phenoxy) is 6. The molecule has 0 atom stereocenters. The summed E-state index contributed by atoms with van der Waals surface area (Å²) in [6.45, 7) is 2.35. The fourth-order valence-corrected chi connectivity index (χ4v) is 6.20. The summed E-state index contributed by atoms with van der Waals surface area (Å²) >= 11 is 0. The maximum atomic E-state index is 14.4. The molecule has 1 heterocycles. The first-order valence-electron chi connectivity index (χ1n) is 16.5. The van der Waals surface area contributed by atoms with Gasteiger partial charge >= 0.3 is 12.4 Å². The Labute approximate surface area is 290 Å². The Kier molecular flexibility index (Phi) is 11.7. The van der Waals surface area contributed by atoms with Crippen LogP contribution in [0.15, 0.2) is 91.0 Å². The second kappa shape index (κ2) is 16.3. The van der Waals surface area contributed by atoms with Gasteiger partial charge in [-0.3, -0.25) is 0 Å². The standard InChI is InChI=1S/C39H36F6O6/c40-38(41,42)29-23-28(24-30(25-29)39(43,44)45)35-36-31-7-3-1-5-26(31)9-11-33(36)50-21-19-48-17-15-46-13-14-47-16-18-49-20-22-51-34-12-10-27-6-2-4-8-32(27)37(34)35/h1-12,23-25,35H,13-22H2. The Balaban J connectivity index is 1.62. The second-order valence-corrected chi connectivity index (χ2v) is 11.8. The number of hydrogen-bond donors (Lipinski definition) is 0. The third kappa shape index (κ3) is 8.93. The van der Waals surface area contributed by atoms with Crippen LogP contribution in [0.3, 0.4) is 0 Å². The van der Waals surface area contributed by atoms with Crippen LogP contribution in [-0.4, -0.2) is 66.1 Å². The van der Waals surface area contributed by atoms with Crippen molar-refractivity contribution >= 4 is 21.5 Å². The minimum atomic E-state index is -5.07. The van der Waals surface area contributed by atoms with Crippen molar-refractivity contribution in [2.24, 2.45) is 0 Å². The van der Waals surface area contributed by atoms with Crippen LogP contribution in [0.25, 0.3) is 21.5 Å². The van der Waals surface area contributed by atoms with Crippen LogP contribution in [0.4, 0.5) is 26.3 Å². The van der Waals surface area contributed by atoms with Crippen molar-refractivity contribution in [3.63, 3.8) is 0 Å². The number of halogens is 6. The van der Waals surface area contributed by atoms with E-state index in [9.17, 15) is 26.3 Å². The van der Waals surface area contributed by atoms with E-state index >= 15 is 0 Å². The molecular formula is C39H36F6O6. The third-order valence-electron chi connectivity index (χ3n) is 8.47. The van der Waals surface area contributed by atoms with Crippen molar-refractivity contribution in [2.45, 2.75) is 18.3 Å². The predicted octanol–water partition coefficient (Wildman–Crippen LogP) is 9.05. The first-order valence-corrected chi connectivity index (χ1v) is 16.5. The van der Waals surface area contributed by atoms with Gasteiger partial charge in [-0.05, 0) is 57.4 Å². The van der Waals surface area contributed by atoms with Gasteiger partial charge in [-0.2, -0.15) is 26.3 Å². The molecule has 5 aromatic carbocycles. The minimum absolute atomic E-state index is 0.0494. The average molecular weight is 715 g/mol. The van der Waals surface area contributed by atoms with Gasteiger partial charge < -0.3 is 28.4 Å². The highest BCUT2D eigenvalue weighted by molar-refractivity contribution is 5.93. The SMILES string of the molecule is FC(F)(F)c1cc(C2c3c(ccc4ccccc34)OCCOCCOCCOCCOCCOc3ccc4ccccc4c32)cc(C(F)(F)F)c1. The number of benzene rings is 5. The lowest BCUT2D eigenvalue weighted by Gasteiger charge is -2.28.